The zero-order chi connectivity index (χ0) is 15.2. The minimum Gasteiger partial charge on any atom is -0.480 e. The highest BCUT2D eigenvalue weighted by Crippen LogP contribution is 2.17. The third-order valence-electron chi connectivity index (χ3n) is 3.73. The van der Waals surface area contributed by atoms with Crippen LogP contribution in [0.5, 0.6) is 0 Å². The van der Waals surface area contributed by atoms with Crippen molar-refractivity contribution in [2.24, 2.45) is 0 Å². The predicted molar refractivity (Wildman–Crippen MR) is 78.1 cm³/mol. The average Bonchev–Trinajstić information content (AvgIpc) is 2.48. The molecule has 0 aromatic heterocycles. The Morgan fingerprint density at radius 3 is 2.52 bits per heavy atom. The standard InChI is InChI=1S/C16H19NO4/c18-15(19)13-7-4-10-17(11-13)14(16(20)21)9-8-12-5-2-1-3-6-12/h1-3,5-7,14H,4,8-11H2,(H,18,19)(H,20,21). The van der Waals surface area contributed by atoms with E-state index in [1.807, 2.05) is 30.3 Å². The third kappa shape index (κ3) is 4.16. The fourth-order valence-corrected chi connectivity index (χ4v) is 2.60. The minimum absolute atomic E-state index is 0.196. The number of aliphatic carboxylic acids is 2. The van der Waals surface area contributed by atoms with Crippen LogP contribution in [-0.2, 0) is 16.0 Å². The smallest absolute Gasteiger partial charge is 0.332 e. The molecule has 0 aliphatic carbocycles. The van der Waals surface area contributed by atoms with E-state index in [0.29, 0.717) is 25.8 Å². The normalized spacial score (nSPS) is 17.0. The summed E-state index contributed by atoms with van der Waals surface area (Å²) in [6, 6.07) is 9.07. The molecule has 2 N–H and O–H groups in total. The van der Waals surface area contributed by atoms with Gasteiger partial charge >= 0.3 is 11.9 Å². The second-order valence-electron chi connectivity index (χ2n) is 5.17. The van der Waals surface area contributed by atoms with Crippen LogP contribution in [0, 0.1) is 0 Å². The number of carboxylic acids is 2. The highest BCUT2D eigenvalue weighted by molar-refractivity contribution is 5.87. The number of carboxylic acid groups (broad SMARTS) is 2. The quantitative estimate of drug-likeness (QED) is 0.835. The first-order valence-corrected chi connectivity index (χ1v) is 7.01. The van der Waals surface area contributed by atoms with E-state index in [-0.39, 0.29) is 12.1 Å². The first-order valence-electron chi connectivity index (χ1n) is 7.01. The molecule has 0 spiro atoms. The Morgan fingerprint density at radius 1 is 1.19 bits per heavy atom. The van der Waals surface area contributed by atoms with Gasteiger partial charge in [-0.3, -0.25) is 9.69 Å². The molecule has 0 fully saturated rings. The lowest BCUT2D eigenvalue weighted by Gasteiger charge is -2.31. The lowest BCUT2D eigenvalue weighted by molar-refractivity contribution is -0.144. The number of benzene rings is 1. The molecule has 5 nitrogen and oxygen atoms in total. The van der Waals surface area contributed by atoms with Gasteiger partial charge in [0.2, 0.25) is 0 Å². The highest BCUT2D eigenvalue weighted by Gasteiger charge is 2.28. The summed E-state index contributed by atoms with van der Waals surface area (Å²) in [5.74, 6) is -1.86. The Morgan fingerprint density at radius 2 is 1.90 bits per heavy atom. The molecule has 2 rings (SSSR count). The van der Waals surface area contributed by atoms with Crippen molar-refractivity contribution in [2.45, 2.75) is 25.3 Å². The molecule has 1 aromatic rings. The van der Waals surface area contributed by atoms with Gasteiger partial charge in [-0.15, -0.1) is 0 Å². The third-order valence-corrected chi connectivity index (χ3v) is 3.73. The number of aryl methyl sites for hydroxylation is 1. The number of hydrogen-bond acceptors (Lipinski definition) is 3. The van der Waals surface area contributed by atoms with Gasteiger partial charge in [-0.05, 0) is 24.8 Å². The van der Waals surface area contributed by atoms with Gasteiger partial charge in [-0.2, -0.15) is 0 Å². The van der Waals surface area contributed by atoms with Gasteiger partial charge in [-0.25, -0.2) is 4.79 Å². The summed E-state index contributed by atoms with van der Waals surface area (Å²) in [5, 5.41) is 18.5. The van der Waals surface area contributed by atoms with Gasteiger partial charge in [0.25, 0.3) is 0 Å². The van der Waals surface area contributed by atoms with E-state index < -0.39 is 18.0 Å². The summed E-state index contributed by atoms with van der Waals surface area (Å²) < 4.78 is 0. The molecule has 1 aliphatic rings. The minimum atomic E-state index is -0.966. The molecule has 0 amide bonds. The van der Waals surface area contributed by atoms with Gasteiger partial charge in [0.15, 0.2) is 0 Å². The first-order chi connectivity index (χ1) is 10.1. The van der Waals surface area contributed by atoms with E-state index in [1.54, 1.807) is 11.0 Å². The van der Waals surface area contributed by atoms with Crippen molar-refractivity contribution in [3.63, 3.8) is 0 Å². The molecule has 1 atom stereocenters. The summed E-state index contributed by atoms with van der Waals surface area (Å²) in [5.41, 5.74) is 1.38. The number of hydrogen-bond donors (Lipinski definition) is 2. The Balaban J connectivity index is 2.01. The molecule has 0 bridgehead atoms. The lowest BCUT2D eigenvalue weighted by atomic mass is 10.0. The number of nitrogens with zero attached hydrogens (tertiary/aromatic N) is 1. The Hall–Kier alpha value is -2.14. The lowest BCUT2D eigenvalue weighted by Crippen LogP contribution is -2.45. The highest BCUT2D eigenvalue weighted by atomic mass is 16.4. The second-order valence-corrected chi connectivity index (χ2v) is 5.17. The van der Waals surface area contributed by atoms with Crippen LogP contribution in [0.1, 0.15) is 18.4 Å². The van der Waals surface area contributed by atoms with E-state index >= 15 is 0 Å². The van der Waals surface area contributed by atoms with Gasteiger partial charge in [0, 0.05) is 18.7 Å². The predicted octanol–water partition coefficient (Wildman–Crippen LogP) is 1.79. The van der Waals surface area contributed by atoms with Crippen LogP contribution in [0.25, 0.3) is 0 Å². The summed E-state index contributed by atoms with van der Waals surface area (Å²) in [4.78, 5) is 24.3. The van der Waals surface area contributed by atoms with Crippen molar-refractivity contribution in [3.05, 3.63) is 47.5 Å². The monoisotopic (exact) mass is 289 g/mol. The fraction of sp³-hybridized carbons (Fsp3) is 0.375. The Labute approximate surface area is 123 Å². The molecule has 5 heteroatoms. The van der Waals surface area contributed by atoms with Crippen molar-refractivity contribution >= 4 is 11.9 Å². The van der Waals surface area contributed by atoms with Crippen molar-refractivity contribution < 1.29 is 19.8 Å². The first kappa shape index (κ1) is 15.3. The molecular formula is C16H19NO4. The number of rotatable bonds is 6. The maximum absolute atomic E-state index is 11.5. The van der Waals surface area contributed by atoms with Crippen LogP contribution in [-0.4, -0.2) is 46.2 Å². The largest absolute Gasteiger partial charge is 0.480 e. The molecule has 112 valence electrons. The summed E-state index contributed by atoms with van der Waals surface area (Å²) >= 11 is 0. The fourth-order valence-electron chi connectivity index (χ4n) is 2.60. The van der Waals surface area contributed by atoms with Crippen molar-refractivity contribution in [1.29, 1.82) is 0 Å². The SMILES string of the molecule is O=C(O)C1=CCCN(C(CCc2ccccc2)C(=O)O)C1. The Kier molecular flexibility index (Phi) is 5.11. The summed E-state index contributed by atoms with van der Waals surface area (Å²) in [6.45, 7) is 0.781. The summed E-state index contributed by atoms with van der Waals surface area (Å²) in [7, 11) is 0. The zero-order valence-electron chi connectivity index (χ0n) is 11.7. The molecule has 1 aromatic carbocycles. The maximum Gasteiger partial charge on any atom is 0.332 e. The van der Waals surface area contributed by atoms with E-state index in [4.69, 9.17) is 5.11 Å². The van der Waals surface area contributed by atoms with Crippen LogP contribution < -0.4 is 0 Å². The van der Waals surface area contributed by atoms with Crippen LogP contribution in [0.4, 0.5) is 0 Å². The van der Waals surface area contributed by atoms with Gasteiger partial charge in [-0.1, -0.05) is 36.4 Å². The molecule has 0 saturated heterocycles. The molecule has 0 saturated carbocycles. The Bertz CT molecular complexity index is 538. The van der Waals surface area contributed by atoms with Crippen molar-refractivity contribution in [3.8, 4) is 0 Å². The van der Waals surface area contributed by atoms with Crippen LogP contribution in [0.15, 0.2) is 42.0 Å². The molecule has 1 unspecified atom stereocenters. The molecule has 0 radical (unpaired) electrons. The topological polar surface area (TPSA) is 77.8 Å². The molecule has 1 heterocycles. The molecular weight excluding hydrogens is 270 g/mol. The van der Waals surface area contributed by atoms with E-state index in [9.17, 15) is 14.7 Å². The number of carbonyl (C=O) groups is 2. The van der Waals surface area contributed by atoms with Gasteiger partial charge in [0.1, 0.15) is 6.04 Å². The van der Waals surface area contributed by atoms with E-state index in [0.717, 1.165) is 5.56 Å². The zero-order valence-corrected chi connectivity index (χ0v) is 11.7. The van der Waals surface area contributed by atoms with Crippen molar-refractivity contribution in [2.75, 3.05) is 13.1 Å². The van der Waals surface area contributed by atoms with Gasteiger partial charge in [0.05, 0.1) is 0 Å². The van der Waals surface area contributed by atoms with Crippen LogP contribution in [0.2, 0.25) is 0 Å². The van der Waals surface area contributed by atoms with E-state index in [1.165, 1.54) is 0 Å². The van der Waals surface area contributed by atoms with Crippen molar-refractivity contribution in [1.82, 2.24) is 4.90 Å². The maximum atomic E-state index is 11.5. The molecule has 21 heavy (non-hydrogen) atoms. The van der Waals surface area contributed by atoms with Crippen LogP contribution in [0.3, 0.4) is 0 Å². The second kappa shape index (κ2) is 7.04. The summed E-state index contributed by atoms with van der Waals surface area (Å²) in [6.07, 6.45) is 3.40. The average molecular weight is 289 g/mol. The van der Waals surface area contributed by atoms with E-state index in [2.05, 4.69) is 0 Å². The molecule has 1 aliphatic heterocycles. The van der Waals surface area contributed by atoms with Crippen LogP contribution >= 0.6 is 0 Å². The van der Waals surface area contributed by atoms with Gasteiger partial charge < -0.3 is 10.2 Å².